The first kappa shape index (κ1) is 29.0. The van der Waals surface area contributed by atoms with Crippen LogP contribution in [0.2, 0.25) is 0 Å². The summed E-state index contributed by atoms with van der Waals surface area (Å²) in [5, 5.41) is 0. The van der Waals surface area contributed by atoms with Crippen LogP contribution in [0.25, 0.3) is 11.1 Å². The molecular weight excluding hydrogens is 554 g/mol. The number of aryl methyl sites for hydroxylation is 1. The van der Waals surface area contributed by atoms with Crippen LogP contribution in [0.3, 0.4) is 0 Å². The van der Waals surface area contributed by atoms with Crippen LogP contribution in [-0.2, 0) is 29.2 Å². The van der Waals surface area contributed by atoms with Gasteiger partial charge < -0.3 is 19.4 Å². The fraction of sp³-hybridized carbons (Fsp3) is 0.212. The Labute approximate surface area is 245 Å². The lowest BCUT2D eigenvalue weighted by atomic mass is 9.90. The normalized spacial score (nSPS) is 13.9. The largest absolute Gasteiger partial charge is 0.469 e. The molecule has 216 valence electrons. The number of hydrogen-bond donors (Lipinski definition) is 1. The van der Waals surface area contributed by atoms with Crippen LogP contribution in [0, 0.1) is 6.92 Å². The van der Waals surface area contributed by atoms with E-state index in [2.05, 4.69) is 0 Å². The van der Waals surface area contributed by atoms with Gasteiger partial charge in [-0.05, 0) is 59.0 Å². The molecule has 0 aliphatic heterocycles. The van der Waals surface area contributed by atoms with E-state index in [9.17, 15) is 18.0 Å². The number of carbonyl (C=O) groups excluding carboxylic acids is 2. The van der Waals surface area contributed by atoms with Crippen molar-refractivity contribution in [1.82, 2.24) is 0 Å². The number of hydrogen-bond acceptors (Lipinski definition) is 8. The standard InChI is InChI=1S/C33H31NO7S/c1-21-11-17-24(18-12-21)42(37,38)41-23-15-13-22(14-16-23)32(30(34)19-31(35)39-2)33(36)40-20-29-27-9-5-3-7-25(27)26-8-4-6-10-28(26)29/h3-18,29-30,32H,19-20,34H2,1-2H3. The first-order valence-corrected chi connectivity index (χ1v) is 14.9. The molecule has 4 aromatic carbocycles. The van der Waals surface area contributed by atoms with Gasteiger partial charge in [0.15, 0.2) is 0 Å². The molecular formula is C33H31NO7S. The maximum Gasteiger partial charge on any atom is 0.339 e. The molecule has 8 nitrogen and oxygen atoms in total. The van der Waals surface area contributed by atoms with Gasteiger partial charge in [-0.2, -0.15) is 8.42 Å². The molecule has 0 radical (unpaired) electrons. The Morgan fingerprint density at radius 3 is 1.98 bits per heavy atom. The Hall–Kier alpha value is -4.47. The summed E-state index contributed by atoms with van der Waals surface area (Å²) in [5.74, 6) is -2.27. The van der Waals surface area contributed by atoms with Crippen LogP contribution in [0.1, 0.15) is 40.5 Å². The molecule has 0 fully saturated rings. The Morgan fingerprint density at radius 2 is 1.40 bits per heavy atom. The average molecular weight is 586 g/mol. The first-order chi connectivity index (χ1) is 20.2. The molecule has 2 atom stereocenters. The van der Waals surface area contributed by atoms with Crippen LogP contribution < -0.4 is 9.92 Å². The van der Waals surface area contributed by atoms with E-state index in [1.54, 1.807) is 24.3 Å². The summed E-state index contributed by atoms with van der Waals surface area (Å²) in [7, 11) is -2.81. The lowest BCUT2D eigenvalue weighted by molar-refractivity contribution is -0.147. The zero-order valence-corrected chi connectivity index (χ0v) is 24.0. The van der Waals surface area contributed by atoms with Crippen LogP contribution in [0.15, 0.2) is 102 Å². The van der Waals surface area contributed by atoms with Gasteiger partial charge in [0.05, 0.1) is 19.4 Å². The lowest BCUT2D eigenvalue weighted by Crippen LogP contribution is -2.37. The molecule has 1 aliphatic carbocycles. The molecule has 1 aliphatic rings. The highest BCUT2D eigenvalue weighted by atomic mass is 32.2. The second kappa shape index (κ2) is 12.2. The Kier molecular flexibility index (Phi) is 8.42. The summed E-state index contributed by atoms with van der Waals surface area (Å²) >= 11 is 0. The van der Waals surface area contributed by atoms with E-state index in [1.165, 1.54) is 31.4 Å². The van der Waals surface area contributed by atoms with Gasteiger partial charge in [0.2, 0.25) is 0 Å². The van der Waals surface area contributed by atoms with Gasteiger partial charge in [-0.3, -0.25) is 9.59 Å². The number of methoxy groups -OCH3 is 1. The molecule has 9 heteroatoms. The highest BCUT2D eigenvalue weighted by Crippen LogP contribution is 2.44. The van der Waals surface area contributed by atoms with Crippen molar-refractivity contribution in [2.75, 3.05) is 13.7 Å². The molecule has 2 N–H and O–H groups in total. The van der Waals surface area contributed by atoms with Crippen molar-refractivity contribution in [3.8, 4) is 16.9 Å². The fourth-order valence-corrected chi connectivity index (χ4v) is 6.19. The van der Waals surface area contributed by atoms with E-state index in [1.807, 2.05) is 55.5 Å². The second-order valence-electron chi connectivity index (χ2n) is 10.2. The van der Waals surface area contributed by atoms with Gasteiger partial charge in [0, 0.05) is 12.0 Å². The topological polar surface area (TPSA) is 122 Å². The van der Waals surface area contributed by atoms with Gasteiger partial charge in [0.25, 0.3) is 0 Å². The van der Waals surface area contributed by atoms with E-state index in [0.29, 0.717) is 5.56 Å². The minimum absolute atomic E-state index is 0.0220. The molecule has 0 aromatic heterocycles. The minimum atomic E-state index is -4.06. The Balaban J connectivity index is 1.36. The maximum absolute atomic E-state index is 13.6. The number of benzene rings is 4. The average Bonchev–Trinajstić information content (AvgIpc) is 3.30. The molecule has 0 saturated heterocycles. The molecule has 0 saturated carbocycles. The van der Waals surface area contributed by atoms with Crippen molar-refractivity contribution in [3.63, 3.8) is 0 Å². The zero-order valence-electron chi connectivity index (χ0n) is 23.2. The fourth-order valence-electron chi connectivity index (χ4n) is 5.26. The predicted octanol–water partition coefficient (Wildman–Crippen LogP) is 5.09. The van der Waals surface area contributed by atoms with Gasteiger partial charge >= 0.3 is 22.1 Å². The van der Waals surface area contributed by atoms with E-state index in [4.69, 9.17) is 19.4 Å². The van der Waals surface area contributed by atoms with Crippen molar-refractivity contribution < 1.29 is 31.7 Å². The minimum Gasteiger partial charge on any atom is -0.469 e. The number of fused-ring (bicyclic) bond motifs is 3. The molecule has 5 rings (SSSR count). The third-order valence-electron chi connectivity index (χ3n) is 7.42. The third-order valence-corrected chi connectivity index (χ3v) is 8.68. The van der Waals surface area contributed by atoms with Crippen LogP contribution >= 0.6 is 0 Å². The first-order valence-electron chi connectivity index (χ1n) is 13.5. The number of nitrogens with two attached hydrogens (primary N) is 1. The molecule has 0 amide bonds. The maximum atomic E-state index is 13.6. The molecule has 0 spiro atoms. The van der Waals surface area contributed by atoms with Crippen molar-refractivity contribution in [3.05, 3.63) is 119 Å². The summed E-state index contributed by atoms with van der Waals surface area (Å²) in [4.78, 5) is 25.7. The predicted molar refractivity (Wildman–Crippen MR) is 157 cm³/mol. The lowest BCUT2D eigenvalue weighted by Gasteiger charge is -2.24. The SMILES string of the molecule is COC(=O)CC(N)C(C(=O)OCC1c2ccccc2-c2ccccc21)c1ccc(OS(=O)(=O)c2ccc(C)cc2)cc1. The summed E-state index contributed by atoms with van der Waals surface area (Å²) in [6.45, 7) is 1.94. The van der Waals surface area contributed by atoms with Crippen LogP contribution in [-0.4, -0.2) is 40.1 Å². The molecule has 42 heavy (non-hydrogen) atoms. The number of ether oxygens (including phenoxy) is 2. The third kappa shape index (κ3) is 6.07. The van der Waals surface area contributed by atoms with E-state index >= 15 is 0 Å². The molecule has 4 aromatic rings. The number of rotatable bonds is 10. The van der Waals surface area contributed by atoms with Crippen LogP contribution in [0.5, 0.6) is 5.75 Å². The van der Waals surface area contributed by atoms with E-state index < -0.39 is 34.0 Å². The van der Waals surface area contributed by atoms with Crippen molar-refractivity contribution in [1.29, 1.82) is 0 Å². The second-order valence-corrected chi connectivity index (χ2v) is 11.7. The van der Waals surface area contributed by atoms with Gasteiger partial charge in [-0.25, -0.2) is 0 Å². The summed E-state index contributed by atoms with van der Waals surface area (Å²) in [6, 6.07) is 27.3. The summed E-state index contributed by atoms with van der Waals surface area (Å²) < 4.78 is 41.4. The van der Waals surface area contributed by atoms with Gasteiger partial charge in [-0.1, -0.05) is 78.4 Å². The van der Waals surface area contributed by atoms with Gasteiger partial charge in [-0.15, -0.1) is 0 Å². The number of carbonyl (C=O) groups is 2. The highest BCUT2D eigenvalue weighted by Gasteiger charge is 2.34. The van der Waals surface area contributed by atoms with Crippen molar-refractivity contribution >= 4 is 22.1 Å². The van der Waals surface area contributed by atoms with Crippen LogP contribution in [0.4, 0.5) is 0 Å². The Morgan fingerprint density at radius 1 is 0.833 bits per heavy atom. The summed E-state index contributed by atoms with van der Waals surface area (Å²) in [6.07, 6.45) is -0.217. The van der Waals surface area contributed by atoms with E-state index in [-0.39, 0.29) is 29.6 Å². The van der Waals surface area contributed by atoms with E-state index in [0.717, 1.165) is 27.8 Å². The smallest absolute Gasteiger partial charge is 0.339 e. The molecule has 0 bridgehead atoms. The highest BCUT2D eigenvalue weighted by molar-refractivity contribution is 7.87. The molecule has 2 unspecified atom stereocenters. The Bertz CT molecular complexity index is 1650. The summed E-state index contributed by atoms with van der Waals surface area (Å²) in [5.41, 5.74) is 12.1. The quantitative estimate of drug-likeness (QED) is 0.202. The van der Waals surface area contributed by atoms with Gasteiger partial charge in [0.1, 0.15) is 17.3 Å². The molecule has 0 heterocycles. The monoisotopic (exact) mass is 585 g/mol. The van der Waals surface area contributed by atoms with Crippen molar-refractivity contribution in [2.24, 2.45) is 5.73 Å². The van der Waals surface area contributed by atoms with Crippen molar-refractivity contribution in [2.45, 2.75) is 36.1 Å². The zero-order chi connectivity index (χ0) is 29.9. The number of esters is 2.